The highest BCUT2D eigenvalue weighted by molar-refractivity contribution is 5.84. The number of aromatic nitrogens is 1. The maximum atomic E-state index is 12.3. The molecular weight excluding hydrogens is 264 g/mol. The van der Waals surface area contributed by atoms with Crippen LogP contribution in [0.3, 0.4) is 0 Å². The van der Waals surface area contributed by atoms with E-state index in [-0.39, 0.29) is 11.9 Å². The largest absolute Gasteiger partial charge is 0.339 e. The van der Waals surface area contributed by atoms with Crippen molar-refractivity contribution in [2.75, 3.05) is 26.2 Å². The van der Waals surface area contributed by atoms with Crippen LogP contribution in [0.5, 0.6) is 0 Å². The number of carbonyl (C=O) groups excluding carboxylic acids is 1. The first-order valence-electron chi connectivity index (χ1n) is 7.31. The lowest BCUT2D eigenvalue weighted by molar-refractivity contribution is -0.139. The van der Waals surface area contributed by atoms with Gasteiger partial charge >= 0.3 is 0 Å². The van der Waals surface area contributed by atoms with E-state index in [1.165, 1.54) is 0 Å². The van der Waals surface area contributed by atoms with Gasteiger partial charge in [0.1, 0.15) is 5.41 Å². The van der Waals surface area contributed by atoms with E-state index >= 15 is 0 Å². The van der Waals surface area contributed by atoms with Crippen LogP contribution in [0.2, 0.25) is 0 Å². The average Bonchev–Trinajstić information content (AvgIpc) is 2.54. The molecule has 1 aromatic heterocycles. The van der Waals surface area contributed by atoms with Gasteiger partial charge in [-0.15, -0.1) is 0 Å². The minimum absolute atomic E-state index is 0.0739. The molecule has 0 radical (unpaired) electrons. The second-order valence-electron chi connectivity index (χ2n) is 6.00. The highest BCUT2D eigenvalue weighted by Crippen LogP contribution is 2.22. The topological polar surface area (TPSA) is 60.2 Å². The van der Waals surface area contributed by atoms with Gasteiger partial charge in [-0.1, -0.05) is 6.07 Å². The zero-order valence-electron chi connectivity index (χ0n) is 12.9. The van der Waals surface area contributed by atoms with Crippen LogP contribution >= 0.6 is 0 Å². The summed E-state index contributed by atoms with van der Waals surface area (Å²) in [7, 11) is 0. The zero-order valence-corrected chi connectivity index (χ0v) is 12.9. The van der Waals surface area contributed by atoms with Crippen molar-refractivity contribution in [2.24, 2.45) is 5.41 Å². The van der Waals surface area contributed by atoms with E-state index in [0.29, 0.717) is 13.1 Å². The number of pyridine rings is 1. The normalized spacial score (nSPS) is 18.1. The molecule has 1 aliphatic rings. The van der Waals surface area contributed by atoms with Crippen LogP contribution in [0.15, 0.2) is 24.4 Å². The molecular formula is C16H22N4O. The van der Waals surface area contributed by atoms with Gasteiger partial charge in [-0.2, -0.15) is 5.26 Å². The van der Waals surface area contributed by atoms with Crippen LogP contribution < -0.4 is 0 Å². The van der Waals surface area contributed by atoms with Crippen LogP contribution in [0, 0.1) is 16.7 Å². The molecule has 0 aromatic carbocycles. The number of piperazine rings is 1. The fraction of sp³-hybridized carbons (Fsp3) is 0.562. The molecule has 1 atom stereocenters. The van der Waals surface area contributed by atoms with E-state index in [0.717, 1.165) is 18.8 Å². The SMILES string of the molecule is C[C@@H](c1ccccn1)N1CCN(C(=O)C(C)(C)C#N)CC1. The number of carbonyl (C=O) groups is 1. The molecule has 0 saturated carbocycles. The van der Waals surface area contributed by atoms with Gasteiger partial charge in [0.25, 0.3) is 0 Å². The lowest BCUT2D eigenvalue weighted by atomic mass is 9.93. The quantitative estimate of drug-likeness (QED) is 0.850. The summed E-state index contributed by atoms with van der Waals surface area (Å²) in [5.41, 5.74) is 0.115. The van der Waals surface area contributed by atoms with E-state index in [1.54, 1.807) is 24.9 Å². The molecule has 1 amide bonds. The number of rotatable bonds is 3. The summed E-state index contributed by atoms with van der Waals surface area (Å²) in [5, 5.41) is 9.07. The molecule has 0 unspecified atom stereocenters. The molecule has 0 bridgehead atoms. The minimum atomic E-state index is -0.936. The molecule has 5 nitrogen and oxygen atoms in total. The summed E-state index contributed by atoms with van der Waals surface area (Å²) in [5.74, 6) is -0.0739. The number of hydrogen-bond donors (Lipinski definition) is 0. The minimum Gasteiger partial charge on any atom is -0.339 e. The van der Waals surface area contributed by atoms with Crippen molar-refractivity contribution in [2.45, 2.75) is 26.8 Å². The van der Waals surface area contributed by atoms with Gasteiger partial charge in [-0.25, -0.2) is 0 Å². The van der Waals surface area contributed by atoms with Crippen molar-refractivity contribution in [3.63, 3.8) is 0 Å². The van der Waals surface area contributed by atoms with Crippen molar-refractivity contribution in [1.82, 2.24) is 14.8 Å². The van der Waals surface area contributed by atoms with Gasteiger partial charge in [-0.05, 0) is 32.9 Å². The van der Waals surface area contributed by atoms with E-state index < -0.39 is 5.41 Å². The van der Waals surface area contributed by atoms with E-state index in [1.807, 2.05) is 18.2 Å². The van der Waals surface area contributed by atoms with Gasteiger partial charge in [0.15, 0.2) is 0 Å². The molecule has 21 heavy (non-hydrogen) atoms. The number of nitriles is 1. The molecule has 1 aliphatic heterocycles. The Morgan fingerprint density at radius 2 is 2.00 bits per heavy atom. The van der Waals surface area contributed by atoms with Crippen LogP contribution in [0.4, 0.5) is 0 Å². The Labute approximate surface area is 126 Å². The van der Waals surface area contributed by atoms with Crippen molar-refractivity contribution < 1.29 is 4.79 Å². The molecule has 0 spiro atoms. The van der Waals surface area contributed by atoms with E-state index in [4.69, 9.17) is 5.26 Å². The molecule has 1 saturated heterocycles. The molecule has 5 heteroatoms. The molecule has 1 fully saturated rings. The third kappa shape index (κ3) is 3.40. The fourth-order valence-electron chi connectivity index (χ4n) is 2.57. The van der Waals surface area contributed by atoms with Gasteiger partial charge in [-0.3, -0.25) is 14.7 Å². The van der Waals surface area contributed by atoms with Crippen LogP contribution in [0.25, 0.3) is 0 Å². The highest BCUT2D eigenvalue weighted by atomic mass is 16.2. The Bertz CT molecular complexity index is 527. The number of hydrogen-bond acceptors (Lipinski definition) is 4. The molecule has 2 rings (SSSR count). The van der Waals surface area contributed by atoms with Gasteiger partial charge in [0.05, 0.1) is 11.8 Å². The summed E-state index contributed by atoms with van der Waals surface area (Å²) in [6.45, 7) is 8.45. The first-order chi connectivity index (χ1) is 9.95. The van der Waals surface area contributed by atoms with Gasteiger partial charge in [0.2, 0.25) is 5.91 Å². The van der Waals surface area contributed by atoms with Crippen molar-refractivity contribution in [3.8, 4) is 6.07 Å². The predicted molar refractivity (Wildman–Crippen MR) is 80.2 cm³/mol. The van der Waals surface area contributed by atoms with Crippen LogP contribution in [-0.4, -0.2) is 46.9 Å². The zero-order chi connectivity index (χ0) is 15.5. The molecule has 0 aliphatic carbocycles. The highest BCUT2D eigenvalue weighted by Gasteiger charge is 2.34. The maximum absolute atomic E-state index is 12.3. The second kappa shape index (κ2) is 6.23. The third-order valence-electron chi connectivity index (χ3n) is 4.08. The van der Waals surface area contributed by atoms with Crippen molar-refractivity contribution >= 4 is 5.91 Å². The molecule has 1 aromatic rings. The Morgan fingerprint density at radius 3 is 2.52 bits per heavy atom. The summed E-state index contributed by atoms with van der Waals surface area (Å²) >= 11 is 0. The second-order valence-corrected chi connectivity index (χ2v) is 6.00. The van der Waals surface area contributed by atoms with Crippen molar-refractivity contribution in [3.05, 3.63) is 30.1 Å². The Balaban J connectivity index is 1.95. The Kier molecular flexibility index (Phi) is 4.59. The van der Waals surface area contributed by atoms with Crippen molar-refractivity contribution in [1.29, 1.82) is 5.26 Å². The number of amides is 1. The molecule has 2 heterocycles. The Morgan fingerprint density at radius 1 is 1.33 bits per heavy atom. The third-order valence-corrected chi connectivity index (χ3v) is 4.08. The molecule has 112 valence electrons. The first kappa shape index (κ1) is 15.5. The lowest BCUT2D eigenvalue weighted by Crippen LogP contribution is -2.52. The number of nitrogens with zero attached hydrogens (tertiary/aromatic N) is 4. The van der Waals surface area contributed by atoms with Crippen LogP contribution in [0.1, 0.15) is 32.5 Å². The van der Waals surface area contributed by atoms with Gasteiger partial charge < -0.3 is 4.90 Å². The predicted octanol–water partition coefficient (Wildman–Crippen LogP) is 1.84. The fourth-order valence-corrected chi connectivity index (χ4v) is 2.57. The Hall–Kier alpha value is -1.93. The average molecular weight is 286 g/mol. The summed E-state index contributed by atoms with van der Waals surface area (Å²) in [4.78, 5) is 20.8. The first-order valence-corrected chi connectivity index (χ1v) is 7.31. The van der Waals surface area contributed by atoms with Gasteiger partial charge in [0, 0.05) is 38.4 Å². The maximum Gasteiger partial charge on any atom is 0.242 e. The van der Waals surface area contributed by atoms with E-state index in [2.05, 4.69) is 22.9 Å². The molecule has 0 N–H and O–H groups in total. The summed E-state index contributed by atoms with van der Waals surface area (Å²) in [6.07, 6.45) is 1.81. The summed E-state index contributed by atoms with van der Waals surface area (Å²) < 4.78 is 0. The summed E-state index contributed by atoms with van der Waals surface area (Å²) in [6, 6.07) is 8.26. The van der Waals surface area contributed by atoms with Crippen LogP contribution in [-0.2, 0) is 4.79 Å². The monoisotopic (exact) mass is 286 g/mol. The lowest BCUT2D eigenvalue weighted by Gasteiger charge is -2.39. The standard InChI is InChI=1S/C16H22N4O/c1-13(14-6-4-5-7-18-14)19-8-10-20(11-9-19)15(21)16(2,3)12-17/h4-7,13H,8-11H2,1-3H3/t13-/m0/s1. The smallest absolute Gasteiger partial charge is 0.242 e. The van der Waals surface area contributed by atoms with E-state index in [9.17, 15) is 4.79 Å².